The number of hydrogen-bond donors (Lipinski definition) is 1. The summed E-state index contributed by atoms with van der Waals surface area (Å²) in [5, 5.41) is 3.15. The lowest BCUT2D eigenvalue weighted by Gasteiger charge is -2.30. The fourth-order valence-electron chi connectivity index (χ4n) is 3.01. The van der Waals surface area contributed by atoms with E-state index >= 15 is 0 Å². The molecule has 1 saturated heterocycles. The van der Waals surface area contributed by atoms with E-state index in [4.69, 9.17) is 0 Å². The van der Waals surface area contributed by atoms with Crippen LogP contribution in [0.4, 0.5) is 0 Å². The van der Waals surface area contributed by atoms with Gasteiger partial charge in [0.25, 0.3) is 0 Å². The van der Waals surface area contributed by atoms with Gasteiger partial charge in [0.05, 0.1) is 5.92 Å². The van der Waals surface area contributed by atoms with Crippen LogP contribution in [-0.2, 0) is 24.2 Å². The third kappa shape index (κ3) is 2.66. The van der Waals surface area contributed by atoms with Gasteiger partial charge in [-0.15, -0.1) is 0 Å². The third-order valence-electron chi connectivity index (χ3n) is 4.34. The Balaban J connectivity index is 1.67. The molecule has 0 spiro atoms. The lowest BCUT2D eigenvalue weighted by atomic mass is 9.90. The van der Waals surface area contributed by atoms with Gasteiger partial charge in [-0.2, -0.15) is 0 Å². The van der Waals surface area contributed by atoms with Gasteiger partial charge in [0.2, 0.25) is 5.91 Å². The summed E-state index contributed by atoms with van der Waals surface area (Å²) in [5.74, 6) is 0.471. The number of benzene rings is 1. The molecule has 2 aliphatic rings. The second kappa shape index (κ2) is 5.33. The SMILES string of the molecule is CN(Cc1ccc2c(c1)CCCC2)C(=O)C1CNC1. The highest BCUT2D eigenvalue weighted by atomic mass is 16.2. The van der Waals surface area contributed by atoms with E-state index in [0.717, 1.165) is 19.6 Å². The van der Waals surface area contributed by atoms with Crippen molar-refractivity contribution in [2.24, 2.45) is 5.92 Å². The van der Waals surface area contributed by atoms with Crippen molar-refractivity contribution in [1.29, 1.82) is 0 Å². The Hall–Kier alpha value is -1.35. The van der Waals surface area contributed by atoms with Crippen molar-refractivity contribution < 1.29 is 4.79 Å². The largest absolute Gasteiger partial charge is 0.341 e. The molecule has 1 heterocycles. The van der Waals surface area contributed by atoms with E-state index in [1.54, 1.807) is 0 Å². The highest BCUT2D eigenvalue weighted by Gasteiger charge is 2.27. The van der Waals surface area contributed by atoms with Crippen LogP contribution in [0.25, 0.3) is 0 Å². The number of nitrogens with one attached hydrogen (secondary N) is 1. The number of rotatable bonds is 3. The Bertz CT molecular complexity index is 480. The van der Waals surface area contributed by atoms with E-state index in [-0.39, 0.29) is 11.8 Å². The average Bonchev–Trinajstić information content (AvgIpc) is 2.36. The van der Waals surface area contributed by atoms with Crippen LogP contribution < -0.4 is 5.32 Å². The minimum Gasteiger partial charge on any atom is -0.341 e. The summed E-state index contributed by atoms with van der Waals surface area (Å²) in [6.07, 6.45) is 5.05. The summed E-state index contributed by atoms with van der Waals surface area (Å²) in [7, 11) is 1.92. The highest BCUT2D eigenvalue weighted by Crippen LogP contribution is 2.23. The first kappa shape index (κ1) is 12.7. The summed E-state index contributed by atoms with van der Waals surface area (Å²) >= 11 is 0. The zero-order chi connectivity index (χ0) is 13.2. The van der Waals surface area contributed by atoms with Gasteiger partial charge in [-0.3, -0.25) is 4.79 Å². The normalized spacial score (nSPS) is 18.6. The van der Waals surface area contributed by atoms with Gasteiger partial charge in [-0.25, -0.2) is 0 Å². The molecule has 3 rings (SSSR count). The molecule has 0 atom stereocenters. The minimum atomic E-state index is 0.197. The summed E-state index contributed by atoms with van der Waals surface area (Å²) in [5.41, 5.74) is 4.27. The van der Waals surface area contributed by atoms with E-state index in [9.17, 15) is 4.79 Å². The molecule has 1 aromatic carbocycles. The first-order valence-electron chi connectivity index (χ1n) is 7.30. The number of fused-ring (bicyclic) bond motifs is 1. The van der Waals surface area contributed by atoms with Gasteiger partial charge in [0.1, 0.15) is 0 Å². The summed E-state index contributed by atoms with van der Waals surface area (Å²) in [4.78, 5) is 14.0. The molecule has 0 radical (unpaired) electrons. The second-order valence-electron chi connectivity index (χ2n) is 5.86. The molecule has 1 aliphatic heterocycles. The quantitative estimate of drug-likeness (QED) is 0.895. The van der Waals surface area contributed by atoms with Crippen LogP contribution in [0.3, 0.4) is 0 Å². The highest BCUT2D eigenvalue weighted by molar-refractivity contribution is 5.79. The number of carbonyl (C=O) groups is 1. The van der Waals surface area contributed by atoms with Crippen molar-refractivity contribution in [2.45, 2.75) is 32.2 Å². The Kier molecular flexibility index (Phi) is 3.56. The standard InChI is InChI=1S/C16H22N2O/c1-18(16(19)15-9-17-10-15)11-12-6-7-13-4-2-3-5-14(13)8-12/h6-8,15,17H,2-5,9-11H2,1H3. The number of nitrogens with zero attached hydrogens (tertiary/aromatic N) is 1. The molecule has 1 aromatic rings. The Morgan fingerprint density at radius 2 is 2.00 bits per heavy atom. The van der Waals surface area contributed by atoms with Gasteiger partial charge < -0.3 is 10.2 Å². The van der Waals surface area contributed by atoms with Gasteiger partial charge in [-0.1, -0.05) is 18.2 Å². The van der Waals surface area contributed by atoms with Crippen LogP contribution in [0.5, 0.6) is 0 Å². The maximum Gasteiger partial charge on any atom is 0.228 e. The topological polar surface area (TPSA) is 32.3 Å². The fraction of sp³-hybridized carbons (Fsp3) is 0.562. The summed E-state index contributed by atoms with van der Waals surface area (Å²) in [6, 6.07) is 6.75. The molecule has 0 saturated carbocycles. The van der Waals surface area contributed by atoms with Gasteiger partial charge in [0, 0.05) is 26.7 Å². The van der Waals surface area contributed by atoms with Gasteiger partial charge >= 0.3 is 0 Å². The van der Waals surface area contributed by atoms with Crippen molar-refractivity contribution in [1.82, 2.24) is 10.2 Å². The monoisotopic (exact) mass is 258 g/mol. The molecule has 1 N–H and O–H groups in total. The predicted molar refractivity (Wildman–Crippen MR) is 75.9 cm³/mol. The summed E-state index contributed by atoms with van der Waals surface area (Å²) < 4.78 is 0. The molecular weight excluding hydrogens is 236 g/mol. The van der Waals surface area contributed by atoms with Gasteiger partial charge in [0.15, 0.2) is 0 Å². The molecule has 0 bridgehead atoms. The van der Waals surface area contributed by atoms with Crippen LogP contribution in [0.2, 0.25) is 0 Å². The first-order chi connectivity index (χ1) is 9.24. The van der Waals surface area contributed by atoms with Crippen LogP contribution in [0, 0.1) is 5.92 Å². The third-order valence-corrected chi connectivity index (χ3v) is 4.34. The van der Waals surface area contributed by atoms with Crippen molar-refractivity contribution in [3.05, 3.63) is 34.9 Å². The zero-order valence-corrected chi connectivity index (χ0v) is 11.6. The molecule has 1 amide bonds. The molecule has 1 fully saturated rings. The minimum absolute atomic E-state index is 0.197. The van der Waals surface area contributed by atoms with Crippen molar-refractivity contribution in [3.63, 3.8) is 0 Å². The Morgan fingerprint density at radius 1 is 1.26 bits per heavy atom. The maximum atomic E-state index is 12.1. The average molecular weight is 258 g/mol. The molecule has 1 aliphatic carbocycles. The lowest BCUT2D eigenvalue weighted by Crippen LogP contribution is -2.50. The Labute approximate surface area is 115 Å². The molecule has 0 unspecified atom stereocenters. The second-order valence-corrected chi connectivity index (χ2v) is 5.86. The van der Waals surface area contributed by atoms with Crippen LogP contribution >= 0.6 is 0 Å². The molecule has 3 nitrogen and oxygen atoms in total. The van der Waals surface area contributed by atoms with Gasteiger partial charge in [-0.05, 0) is 42.4 Å². The predicted octanol–water partition coefficient (Wildman–Crippen LogP) is 1.74. The van der Waals surface area contributed by atoms with Crippen LogP contribution in [0.1, 0.15) is 29.5 Å². The van der Waals surface area contributed by atoms with E-state index in [1.165, 1.54) is 42.4 Å². The van der Waals surface area contributed by atoms with E-state index in [0.29, 0.717) is 0 Å². The molecule has 19 heavy (non-hydrogen) atoms. The van der Waals surface area contributed by atoms with Crippen LogP contribution in [0.15, 0.2) is 18.2 Å². The molecule has 102 valence electrons. The van der Waals surface area contributed by atoms with E-state index in [1.807, 2.05) is 11.9 Å². The number of carbonyl (C=O) groups excluding carboxylic acids is 1. The van der Waals surface area contributed by atoms with Crippen molar-refractivity contribution in [2.75, 3.05) is 20.1 Å². The summed E-state index contributed by atoms with van der Waals surface area (Å²) in [6.45, 7) is 2.42. The molecule has 0 aromatic heterocycles. The smallest absolute Gasteiger partial charge is 0.228 e. The molecule has 3 heteroatoms. The molecular formula is C16H22N2O. The zero-order valence-electron chi connectivity index (χ0n) is 11.6. The van der Waals surface area contributed by atoms with Crippen molar-refractivity contribution >= 4 is 5.91 Å². The number of amides is 1. The Morgan fingerprint density at radius 3 is 2.68 bits per heavy atom. The number of hydrogen-bond acceptors (Lipinski definition) is 2. The number of aryl methyl sites for hydroxylation is 2. The lowest BCUT2D eigenvalue weighted by molar-refractivity contribution is -0.136. The fourth-order valence-corrected chi connectivity index (χ4v) is 3.01. The van der Waals surface area contributed by atoms with Crippen LogP contribution in [-0.4, -0.2) is 30.9 Å². The van der Waals surface area contributed by atoms with E-state index < -0.39 is 0 Å². The van der Waals surface area contributed by atoms with Crippen molar-refractivity contribution in [3.8, 4) is 0 Å². The maximum absolute atomic E-state index is 12.1. The van der Waals surface area contributed by atoms with E-state index in [2.05, 4.69) is 23.5 Å². The first-order valence-corrected chi connectivity index (χ1v) is 7.30.